The molecule has 112 valence electrons. The number of carbonyl (C=O) groups is 2. The fraction of sp³-hybridized carbons (Fsp3) is 0.615. The number of nitrogens with zero attached hydrogens (tertiary/aromatic N) is 2. The first-order valence-electron chi connectivity index (χ1n) is 6.64. The smallest absolute Gasteiger partial charge is 0.290 e. The topological polar surface area (TPSA) is 93.5 Å². The zero-order valence-electron chi connectivity index (χ0n) is 11.4. The Balaban J connectivity index is 0.000000612. The second-order valence-electron chi connectivity index (χ2n) is 4.54. The summed E-state index contributed by atoms with van der Waals surface area (Å²) in [7, 11) is 0. The van der Waals surface area contributed by atoms with Gasteiger partial charge < -0.3 is 19.7 Å². The van der Waals surface area contributed by atoms with Crippen molar-refractivity contribution < 1.29 is 19.4 Å². The van der Waals surface area contributed by atoms with Crippen molar-refractivity contribution in [1.29, 1.82) is 0 Å². The Morgan fingerprint density at radius 3 is 3.00 bits per heavy atom. The fourth-order valence-corrected chi connectivity index (χ4v) is 1.99. The average Bonchev–Trinajstić information content (AvgIpc) is 3.08. The molecular formula is C13H21N3O4. The highest BCUT2D eigenvalue weighted by molar-refractivity contribution is 5.76. The number of nitrogens with one attached hydrogen (secondary N) is 1. The SMILES string of the molecule is O=C(CC1CCOC1)NCCCn1ccnc1.O=CO. The summed E-state index contributed by atoms with van der Waals surface area (Å²) in [6, 6.07) is 0. The maximum absolute atomic E-state index is 11.6. The number of amides is 1. The van der Waals surface area contributed by atoms with Gasteiger partial charge >= 0.3 is 0 Å². The Labute approximate surface area is 118 Å². The molecule has 0 radical (unpaired) electrons. The molecule has 1 atom stereocenters. The molecule has 2 N–H and O–H groups in total. The van der Waals surface area contributed by atoms with Gasteiger partial charge in [0.2, 0.25) is 5.91 Å². The Bertz CT molecular complexity index is 375. The predicted octanol–water partition coefficient (Wildman–Crippen LogP) is 0.517. The largest absolute Gasteiger partial charge is 0.483 e. The first kappa shape index (κ1) is 16.2. The maximum atomic E-state index is 11.6. The van der Waals surface area contributed by atoms with Gasteiger partial charge in [0.05, 0.1) is 6.33 Å². The van der Waals surface area contributed by atoms with Gasteiger partial charge in [0.25, 0.3) is 6.47 Å². The molecule has 7 heteroatoms. The van der Waals surface area contributed by atoms with Crippen molar-refractivity contribution in [2.24, 2.45) is 5.92 Å². The molecule has 20 heavy (non-hydrogen) atoms. The Morgan fingerprint density at radius 1 is 1.60 bits per heavy atom. The van der Waals surface area contributed by atoms with Gasteiger partial charge in [-0.05, 0) is 18.8 Å². The van der Waals surface area contributed by atoms with E-state index in [2.05, 4.69) is 10.3 Å². The van der Waals surface area contributed by atoms with Crippen LogP contribution >= 0.6 is 0 Å². The summed E-state index contributed by atoms with van der Waals surface area (Å²) in [5.41, 5.74) is 0. The first-order chi connectivity index (χ1) is 9.76. The van der Waals surface area contributed by atoms with E-state index in [-0.39, 0.29) is 12.4 Å². The zero-order chi connectivity index (χ0) is 14.6. The van der Waals surface area contributed by atoms with E-state index in [1.807, 2.05) is 10.8 Å². The number of imidazole rings is 1. The lowest BCUT2D eigenvalue weighted by Crippen LogP contribution is -2.27. The van der Waals surface area contributed by atoms with Crippen molar-refractivity contribution in [3.63, 3.8) is 0 Å². The van der Waals surface area contributed by atoms with Gasteiger partial charge in [0, 0.05) is 45.1 Å². The molecule has 0 saturated carbocycles. The van der Waals surface area contributed by atoms with E-state index < -0.39 is 0 Å². The van der Waals surface area contributed by atoms with Crippen molar-refractivity contribution in [2.45, 2.75) is 25.8 Å². The van der Waals surface area contributed by atoms with Crippen LogP contribution in [0.2, 0.25) is 0 Å². The van der Waals surface area contributed by atoms with Crippen molar-refractivity contribution >= 4 is 12.4 Å². The van der Waals surface area contributed by atoms with Crippen LogP contribution in [0.15, 0.2) is 18.7 Å². The maximum Gasteiger partial charge on any atom is 0.290 e. The number of carboxylic acid groups (broad SMARTS) is 1. The first-order valence-corrected chi connectivity index (χ1v) is 6.64. The molecule has 0 aliphatic carbocycles. The molecule has 1 aromatic rings. The van der Waals surface area contributed by atoms with Crippen LogP contribution in [-0.4, -0.2) is 46.8 Å². The Kier molecular flexibility index (Phi) is 8.05. The van der Waals surface area contributed by atoms with Gasteiger partial charge in [-0.3, -0.25) is 9.59 Å². The number of rotatable bonds is 6. The van der Waals surface area contributed by atoms with Crippen LogP contribution in [0, 0.1) is 5.92 Å². The molecule has 2 heterocycles. The van der Waals surface area contributed by atoms with Crippen LogP contribution < -0.4 is 5.32 Å². The molecule has 1 saturated heterocycles. The number of ether oxygens (including phenoxy) is 1. The molecule has 0 bridgehead atoms. The predicted molar refractivity (Wildman–Crippen MR) is 72.1 cm³/mol. The van der Waals surface area contributed by atoms with Gasteiger partial charge in [0.1, 0.15) is 0 Å². The van der Waals surface area contributed by atoms with Crippen molar-refractivity contribution in [1.82, 2.24) is 14.9 Å². The molecule has 0 aromatic carbocycles. The summed E-state index contributed by atoms with van der Waals surface area (Å²) >= 11 is 0. The summed E-state index contributed by atoms with van der Waals surface area (Å²) in [5, 5.41) is 9.83. The molecular weight excluding hydrogens is 262 g/mol. The minimum atomic E-state index is -0.250. The molecule has 1 aromatic heterocycles. The second kappa shape index (κ2) is 9.96. The minimum absolute atomic E-state index is 0.145. The Hall–Kier alpha value is -1.89. The average molecular weight is 283 g/mol. The van der Waals surface area contributed by atoms with Crippen molar-refractivity contribution in [2.75, 3.05) is 19.8 Å². The van der Waals surface area contributed by atoms with E-state index in [0.717, 1.165) is 39.1 Å². The van der Waals surface area contributed by atoms with Crippen LogP contribution in [0.1, 0.15) is 19.3 Å². The lowest BCUT2D eigenvalue weighted by Gasteiger charge is -2.08. The number of hydrogen-bond acceptors (Lipinski definition) is 4. The minimum Gasteiger partial charge on any atom is -0.483 e. The Morgan fingerprint density at radius 2 is 2.40 bits per heavy atom. The molecule has 1 aliphatic heterocycles. The van der Waals surface area contributed by atoms with Crippen molar-refractivity contribution in [3.8, 4) is 0 Å². The van der Waals surface area contributed by atoms with Crippen LogP contribution in [0.25, 0.3) is 0 Å². The molecule has 1 aliphatic rings. The number of aromatic nitrogens is 2. The second-order valence-corrected chi connectivity index (χ2v) is 4.54. The fourth-order valence-electron chi connectivity index (χ4n) is 1.99. The number of carbonyl (C=O) groups excluding carboxylic acids is 1. The van der Waals surface area contributed by atoms with Gasteiger partial charge in [-0.1, -0.05) is 0 Å². The van der Waals surface area contributed by atoms with E-state index in [9.17, 15) is 4.79 Å². The normalized spacial score (nSPS) is 17.1. The lowest BCUT2D eigenvalue weighted by molar-refractivity contribution is -0.123. The lowest BCUT2D eigenvalue weighted by atomic mass is 10.1. The molecule has 1 amide bonds. The van der Waals surface area contributed by atoms with Gasteiger partial charge in [-0.2, -0.15) is 0 Å². The summed E-state index contributed by atoms with van der Waals surface area (Å²) in [5.74, 6) is 0.565. The quantitative estimate of drug-likeness (QED) is 0.586. The standard InChI is InChI=1S/C12H19N3O2.CH2O2/c16-12(8-11-2-7-17-9-11)14-3-1-5-15-6-4-13-10-15;2-1-3/h4,6,10-11H,1-3,5,7-9H2,(H,14,16);1H,(H,2,3). The van der Waals surface area contributed by atoms with E-state index in [1.165, 1.54) is 0 Å². The molecule has 7 nitrogen and oxygen atoms in total. The molecule has 1 fully saturated rings. The molecule has 2 rings (SSSR count). The molecule has 1 unspecified atom stereocenters. The van der Waals surface area contributed by atoms with Crippen LogP contribution in [0.3, 0.4) is 0 Å². The summed E-state index contributed by atoms with van der Waals surface area (Å²) in [4.78, 5) is 23.9. The number of aryl methyl sites for hydroxylation is 1. The third kappa shape index (κ3) is 6.89. The summed E-state index contributed by atoms with van der Waals surface area (Å²) in [6.07, 6.45) is 8.03. The number of hydrogen-bond donors (Lipinski definition) is 2. The van der Waals surface area contributed by atoms with Crippen LogP contribution in [0.4, 0.5) is 0 Å². The van der Waals surface area contributed by atoms with Gasteiger partial charge in [-0.25, -0.2) is 4.98 Å². The highest BCUT2D eigenvalue weighted by Gasteiger charge is 2.18. The van der Waals surface area contributed by atoms with E-state index >= 15 is 0 Å². The summed E-state index contributed by atoms with van der Waals surface area (Å²) < 4.78 is 7.25. The van der Waals surface area contributed by atoms with E-state index in [4.69, 9.17) is 14.6 Å². The third-order valence-electron chi connectivity index (χ3n) is 2.97. The third-order valence-corrected chi connectivity index (χ3v) is 2.97. The highest BCUT2D eigenvalue weighted by Crippen LogP contribution is 2.15. The van der Waals surface area contributed by atoms with Crippen LogP contribution in [-0.2, 0) is 20.9 Å². The van der Waals surface area contributed by atoms with E-state index in [0.29, 0.717) is 12.3 Å². The monoisotopic (exact) mass is 283 g/mol. The van der Waals surface area contributed by atoms with Gasteiger partial charge in [0.15, 0.2) is 0 Å². The van der Waals surface area contributed by atoms with E-state index in [1.54, 1.807) is 12.5 Å². The van der Waals surface area contributed by atoms with Crippen molar-refractivity contribution in [3.05, 3.63) is 18.7 Å². The van der Waals surface area contributed by atoms with Gasteiger partial charge in [-0.15, -0.1) is 0 Å². The van der Waals surface area contributed by atoms with Crippen LogP contribution in [0.5, 0.6) is 0 Å². The highest BCUT2D eigenvalue weighted by atomic mass is 16.5. The summed E-state index contributed by atoms with van der Waals surface area (Å²) in [6.45, 7) is 2.92. The molecule has 0 spiro atoms. The zero-order valence-corrected chi connectivity index (χ0v) is 11.4.